The number of nitrogens with one attached hydrogen (secondary N) is 2. The topological polar surface area (TPSA) is 98.3 Å². The number of likely N-dealkylation sites (N-methyl/N-ethyl adjacent to an activating group) is 1. The third kappa shape index (κ3) is 3.03. The number of aliphatic hydroxyl groups excluding tert-OH is 1. The van der Waals surface area contributed by atoms with Crippen molar-refractivity contribution in [1.82, 2.24) is 19.8 Å². The largest absolute Gasteiger partial charge is 0.392 e. The number of likely N-dealkylation sites (tertiary alicyclic amines) is 1. The van der Waals surface area contributed by atoms with E-state index in [2.05, 4.69) is 26.7 Å². The van der Waals surface area contributed by atoms with Gasteiger partial charge in [0.2, 0.25) is 0 Å². The SMILES string of the molecule is CCN1CCCC1CNS(=O)(=O)c1n[nH]c(C)c1CO. The maximum atomic E-state index is 12.3. The molecule has 20 heavy (non-hydrogen) atoms. The minimum Gasteiger partial charge on any atom is -0.392 e. The van der Waals surface area contributed by atoms with E-state index in [9.17, 15) is 13.5 Å². The zero-order valence-electron chi connectivity index (χ0n) is 11.9. The summed E-state index contributed by atoms with van der Waals surface area (Å²) in [5.41, 5.74) is 0.903. The van der Waals surface area contributed by atoms with Crippen LogP contribution in [-0.2, 0) is 16.6 Å². The summed E-state index contributed by atoms with van der Waals surface area (Å²) in [5, 5.41) is 15.5. The normalized spacial score (nSPS) is 20.6. The molecule has 0 aliphatic carbocycles. The van der Waals surface area contributed by atoms with Crippen molar-refractivity contribution in [1.29, 1.82) is 0 Å². The van der Waals surface area contributed by atoms with Crippen LogP contribution < -0.4 is 4.72 Å². The highest BCUT2D eigenvalue weighted by atomic mass is 32.2. The zero-order chi connectivity index (χ0) is 14.8. The Labute approximate surface area is 119 Å². The lowest BCUT2D eigenvalue weighted by Gasteiger charge is -2.22. The summed E-state index contributed by atoms with van der Waals surface area (Å²) in [4.78, 5) is 2.27. The molecule has 1 aliphatic rings. The summed E-state index contributed by atoms with van der Waals surface area (Å²) in [5.74, 6) is 0. The molecule has 1 unspecified atom stereocenters. The third-order valence-corrected chi connectivity index (χ3v) is 5.26. The predicted molar refractivity (Wildman–Crippen MR) is 74.7 cm³/mol. The summed E-state index contributed by atoms with van der Waals surface area (Å²) in [6.07, 6.45) is 2.10. The predicted octanol–water partition coefficient (Wildman–Crippen LogP) is -0.0270. The second-order valence-corrected chi connectivity index (χ2v) is 6.75. The first-order valence-corrected chi connectivity index (χ1v) is 8.36. The van der Waals surface area contributed by atoms with Gasteiger partial charge in [-0.3, -0.25) is 10.00 Å². The Morgan fingerprint density at radius 2 is 2.30 bits per heavy atom. The van der Waals surface area contributed by atoms with Crippen molar-refractivity contribution in [2.45, 2.75) is 44.4 Å². The Morgan fingerprint density at radius 1 is 1.55 bits per heavy atom. The maximum Gasteiger partial charge on any atom is 0.260 e. The van der Waals surface area contributed by atoms with Gasteiger partial charge in [0.1, 0.15) is 0 Å². The molecule has 1 atom stereocenters. The first kappa shape index (κ1) is 15.4. The highest BCUT2D eigenvalue weighted by Crippen LogP contribution is 2.18. The standard InChI is InChI=1S/C12H22N4O3S/c1-3-16-6-4-5-10(16)7-13-20(18,19)12-11(8-17)9(2)14-15-12/h10,13,17H,3-8H2,1-2H3,(H,14,15). The zero-order valence-corrected chi connectivity index (χ0v) is 12.7. The molecule has 1 aliphatic heterocycles. The van der Waals surface area contributed by atoms with Gasteiger partial charge in [0.05, 0.1) is 6.61 Å². The fraction of sp³-hybridized carbons (Fsp3) is 0.750. The number of nitrogens with zero attached hydrogens (tertiary/aromatic N) is 2. The summed E-state index contributed by atoms with van der Waals surface area (Å²) < 4.78 is 27.1. The number of aryl methyl sites for hydroxylation is 1. The van der Waals surface area contributed by atoms with Gasteiger partial charge in [-0.1, -0.05) is 6.92 Å². The Morgan fingerprint density at radius 3 is 2.95 bits per heavy atom. The maximum absolute atomic E-state index is 12.3. The molecule has 0 amide bonds. The summed E-state index contributed by atoms with van der Waals surface area (Å²) in [6, 6.07) is 0.243. The van der Waals surface area contributed by atoms with E-state index in [0.29, 0.717) is 17.8 Å². The first-order valence-electron chi connectivity index (χ1n) is 6.88. The van der Waals surface area contributed by atoms with Crippen molar-refractivity contribution in [2.24, 2.45) is 0 Å². The second-order valence-electron chi connectivity index (χ2n) is 5.07. The number of aliphatic hydroxyl groups is 1. The number of aromatic nitrogens is 2. The third-order valence-electron chi connectivity index (χ3n) is 3.86. The van der Waals surface area contributed by atoms with E-state index in [0.717, 1.165) is 25.9 Å². The number of H-pyrrole nitrogens is 1. The average molecular weight is 302 g/mol. The van der Waals surface area contributed by atoms with Gasteiger partial charge in [-0.15, -0.1) is 0 Å². The molecule has 0 spiro atoms. The van der Waals surface area contributed by atoms with Crippen LogP contribution in [0.15, 0.2) is 5.03 Å². The van der Waals surface area contributed by atoms with Crippen molar-refractivity contribution in [3.8, 4) is 0 Å². The summed E-state index contributed by atoms with van der Waals surface area (Å²) in [6.45, 7) is 5.75. The molecule has 1 aromatic heterocycles. The minimum atomic E-state index is -3.68. The molecule has 1 aromatic rings. The monoisotopic (exact) mass is 302 g/mol. The first-order chi connectivity index (χ1) is 9.49. The van der Waals surface area contributed by atoms with Gasteiger partial charge in [0, 0.05) is 23.8 Å². The lowest BCUT2D eigenvalue weighted by molar-refractivity contribution is 0.267. The van der Waals surface area contributed by atoms with Crippen LogP contribution in [0.2, 0.25) is 0 Å². The van der Waals surface area contributed by atoms with Crippen molar-refractivity contribution in [2.75, 3.05) is 19.6 Å². The fourth-order valence-electron chi connectivity index (χ4n) is 2.66. The van der Waals surface area contributed by atoms with Gasteiger partial charge < -0.3 is 5.11 Å². The Hall–Kier alpha value is -0.960. The molecule has 2 heterocycles. The number of aromatic amines is 1. The van der Waals surface area contributed by atoms with E-state index >= 15 is 0 Å². The number of rotatable bonds is 6. The Bertz CT molecular complexity index is 555. The van der Waals surface area contributed by atoms with E-state index in [4.69, 9.17) is 0 Å². The second kappa shape index (κ2) is 6.21. The van der Waals surface area contributed by atoms with Gasteiger partial charge in [0.25, 0.3) is 10.0 Å². The molecule has 0 radical (unpaired) electrons. The fourth-order valence-corrected chi connectivity index (χ4v) is 3.91. The van der Waals surface area contributed by atoms with Crippen LogP contribution in [0, 0.1) is 6.92 Å². The molecule has 3 N–H and O–H groups in total. The van der Waals surface area contributed by atoms with Crippen LogP contribution in [0.1, 0.15) is 31.0 Å². The van der Waals surface area contributed by atoms with Gasteiger partial charge in [-0.2, -0.15) is 5.10 Å². The molecule has 2 rings (SSSR count). The lowest BCUT2D eigenvalue weighted by atomic mass is 10.2. The van der Waals surface area contributed by atoms with Crippen LogP contribution in [0.3, 0.4) is 0 Å². The van der Waals surface area contributed by atoms with Crippen molar-refractivity contribution < 1.29 is 13.5 Å². The molecular formula is C12H22N4O3S. The quantitative estimate of drug-likeness (QED) is 0.685. The van der Waals surface area contributed by atoms with Gasteiger partial charge in [-0.25, -0.2) is 13.1 Å². The molecule has 7 nitrogen and oxygen atoms in total. The van der Waals surface area contributed by atoms with Crippen molar-refractivity contribution in [3.63, 3.8) is 0 Å². The molecule has 1 saturated heterocycles. The van der Waals surface area contributed by atoms with Gasteiger partial charge in [-0.05, 0) is 32.9 Å². The number of sulfonamides is 1. The smallest absolute Gasteiger partial charge is 0.260 e. The van der Waals surface area contributed by atoms with E-state index in [-0.39, 0.29) is 17.7 Å². The van der Waals surface area contributed by atoms with Gasteiger partial charge in [0.15, 0.2) is 5.03 Å². The van der Waals surface area contributed by atoms with E-state index < -0.39 is 10.0 Å². The average Bonchev–Trinajstić information content (AvgIpc) is 3.02. The number of hydrogen-bond acceptors (Lipinski definition) is 5. The van der Waals surface area contributed by atoms with Crippen molar-refractivity contribution >= 4 is 10.0 Å². The molecule has 114 valence electrons. The summed E-state index contributed by atoms with van der Waals surface area (Å²) >= 11 is 0. The molecule has 0 bridgehead atoms. The van der Waals surface area contributed by atoms with E-state index in [1.165, 1.54) is 0 Å². The highest BCUT2D eigenvalue weighted by Gasteiger charge is 2.27. The highest BCUT2D eigenvalue weighted by molar-refractivity contribution is 7.89. The lowest BCUT2D eigenvalue weighted by Crippen LogP contribution is -2.40. The van der Waals surface area contributed by atoms with E-state index in [1.807, 2.05) is 0 Å². The van der Waals surface area contributed by atoms with Crippen LogP contribution in [0.25, 0.3) is 0 Å². The molecule has 8 heteroatoms. The number of hydrogen-bond donors (Lipinski definition) is 3. The minimum absolute atomic E-state index is 0.0986. The van der Waals surface area contributed by atoms with Crippen LogP contribution in [0.5, 0.6) is 0 Å². The van der Waals surface area contributed by atoms with Crippen LogP contribution in [-0.4, -0.2) is 54.3 Å². The van der Waals surface area contributed by atoms with E-state index in [1.54, 1.807) is 6.92 Å². The summed E-state index contributed by atoms with van der Waals surface area (Å²) in [7, 11) is -3.68. The molecule has 0 saturated carbocycles. The van der Waals surface area contributed by atoms with Crippen LogP contribution in [0.4, 0.5) is 0 Å². The molecular weight excluding hydrogens is 280 g/mol. The van der Waals surface area contributed by atoms with Crippen LogP contribution >= 0.6 is 0 Å². The molecule has 0 aromatic carbocycles. The Balaban J connectivity index is 2.07. The molecule has 1 fully saturated rings. The Kier molecular flexibility index (Phi) is 4.79. The van der Waals surface area contributed by atoms with Crippen molar-refractivity contribution in [3.05, 3.63) is 11.3 Å². The van der Waals surface area contributed by atoms with Gasteiger partial charge >= 0.3 is 0 Å².